The van der Waals surface area contributed by atoms with Crippen molar-refractivity contribution < 1.29 is 9.53 Å². The second-order valence-electron chi connectivity index (χ2n) is 4.26. The van der Waals surface area contributed by atoms with Crippen LogP contribution in [0.25, 0.3) is 0 Å². The van der Waals surface area contributed by atoms with E-state index in [4.69, 9.17) is 22.7 Å². The molecule has 0 fully saturated rings. The normalized spacial score (nSPS) is 10.1. The number of unbranched alkanes of at least 4 members (excludes halogenated alkanes) is 1. The summed E-state index contributed by atoms with van der Waals surface area (Å²) in [6.45, 7) is 2.61. The fourth-order valence-corrected chi connectivity index (χ4v) is 1.66. The molecular formula is C13H19N3O3S. The number of rotatable bonds is 8. The van der Waals surface area contributed by atoms with Crippen LogP contribution in [0.3, 0.4) is 0 Å². The summed E-state index contributed by atoms with van der Waals surface area (Å²) in [6, 6.07) is 3.15. The van der Waals surface area contributed by atoms with Crippen LogP contribution in [0.15, 0.2) is 23.1 Å². The van der Waals surface area contributed by atoms with Gasteiger partial charge < -0.3 is 20.4 Å². The molecule has 0 saturated carbocycles. The number of nitrogens with two attached hydrogens (primary N) is 1. The second kappa shape index (κ2) is 8.31. The number of aromatic nitrogens is 1. The third kappa shape index (κ3) is 5.40. The lowest BCUT2D eigenvalue weighted by Crippen LogP contribution is -2.32. The van der Waals surface area contributed by atoms with Crippen LogP contribution in [-0.2, 0) is 11.3 Å². The molecule has 1 aromatic heterocycles. The van der Waals surface area contributed by atoms with Crippen LogP contribution in [0.1, 0.15) is 19.8 Å². The second-order valence-corrected chi connectivity index (χ2v) is 4.79. The minimum absolute atomic E-state index is 0.106. The topological polar surface area (TPSA) is 86.3 Å². The molecule has 0 bridgehead atoms. The highest BCUT2D eigenvalue weighted by atomic mass is 32.1. The molecule has 0 aliphatic heterocycles. The van der Waals surface area contributed by atoms with Gasteiger partial charge in [0, 0.05) is 12.7 Å². The maximum Gasteiger partial charge on any atom is 0.293 e. The van der Waals surface area contributed by atoms with E-state index >= 15 is 0 Å². The number of hydrogen-bond acceptors (Lipinski definition) is 4. The van der Waals surface area contributed by atoms with Crippen molar-refractivity contribution in [2.24, 2.45) is 5.73 Å². The molecule has 0 radical (unpaired) electrons. The van der Waals surface area contributed by atoms with E-state index < -0.39 is 0 Å². The molecule has 0 aromatic carbocycles. The molecule has 0 aliphatic rings. The summed E-state index contributed by atoms with van der Waals surface area (Å²) in [7, 11) is 0. The van der Waals surface area contributed by atoms with E-state index in [-0.39, 0.29) is 35.4 Å². The van der Waals surface area contributed by atoms with Crippen LogP contribution < -0.4 is 21.3 Å². The molecular weight excluding hydrogens is 278 g/mol. The van der Waals surface area contributed by atoms with Crippen molar-refractivity contribution in [2.75, 3.05) is 13.2 Å². The largest absolute Gasteiger partial charge is 0.478 e. The average Bonchev–Trinajstić information content (AvgIpc) is 2.39. The fraction of sp³-hybridized carbons (Fsp3) is 0.462. The Bertz CT molecular complexity index is 528. The van der Waals surface area contributed by atoms with E-state index in [1.807, 2.05) is 6.92 Å². The van der Waals surface area contributed by atoms with Gasteiger partial charge in [-0.3, -0.25) is 9.59 Å². The molecule has 7 heteroatoms. The van der Waals surface area contributed by atoms with Crippen LogP contribution in [-0.4, -0.2) is 28.6 Å². The van der Waals surface area contributed by atoms with Crippen LogP contribution in [0.5, 0.6) is 5.75 Å². The van der Waals surface area contributed by atoms with Gasteiger partial charge in [0.1, 0.15) is 0 Å². The number of pyridine rings is 1. The first kappa shape index (κ1) is 16.2. The van der Waals surface area contributed by atoms with Gasteiger partial charge in [-0.2, -0.15) is 0 Å². The Hall–Kier alpha value is -1.89. The summed E-state index contributed by atoms with van der Waals surface area (Å²) in [5.41, 5.74) is 5.04. The summed E-state index contributed by atoms with van der Waals surface area (Å²) in [5.74, 6) is -0.142. The zero-order chi connectivity index (χ0) is 15.0. The first-order chi connectivity index (χ1) is 9.54. The summed E-state index contributed by atoms with van der Waals surface area (Å²) >= 11 is 4.76. The molecule has 0 saturated heterocycles. The molecule has 0 atom stereocenters. The minimum atomic E-state index is -0.360. The van der Waals surface area contributed by atoms with Gasteiger partial charge in [0.05, 0.1) is 11.5 Å². The molecule has 3 N–H and O–H groups in total. The smallest absolute Gasteiger partial charge is 0.293 e. The number of thiocarbonyl (C=S) groups is 1. The first-order valence-corrected chi connectivity index (χ1v) is 6.82. The van der Waals surface area contributed by atoms with E-state index in [0.717, 1.165) is 12.8 Å². The van der Waals surface area contributed by atoms with Crippen molar-refractivity contribution in [3.05, 3.63) is 28.7 Å². The van der Waals surface area contributed by atoms with Gasteiger partial charge in [-0.05, 0) is 18.6 Å². The molecule has 1 heterocycles. The molecule has 0 spiro atoms. The predicted molar refractivity (Wildman–Crippen MR) is 80.9 cm³/mol. The lowest BCUT2D eigenvalue weighted by atomic mass is 10.3. The van der Waals surface area contributed by atoms with Crippen molar-refractivity contribution in [3.63, 3.8) is 0 Å². The SMILES string of the molecule is CCCCNC(=O)COc1cccn(CC(N)=S)c1=O. The number of hydrogen-bond donors (Lipinski definition) is 2. The Morgan fingerprint density at radius 2 is 2.30 bits per heavy atom. The van der Waals surface area contributed by atoms with Crippen molar-refractivity contribution in [1.29, 1.82) is 0 Å². The number of carbonyl (C=O) groups excluding carboxylic acids is 1. The Balaban J connectivity index is 2.58. The van der Waals surface area contributed by atoms with Crippen molar-refractivity contribution in [3.8, 4) is 5.75 Å². The van der Waals surface area contributed by atoms with Gasteiger partial charge >= 0.3 is 0 Å². The zero-order valence-corrected chi connectivity index (χ0v) is 12.2. The number of amides is 1. The maximum absolute atomic E-state index is 12.0. The maximum atomic E-state index is 12.0. The third-order valence-electron chi connectivity index (χ3n) is 2.52. The van der Waals surface area contributed by atoms with E-state index in [1.54, 1.807) is 12.3 Å². The van der Waals surface area contributed by atoms with Crippen LogP contribution in [0, 0.1) is 0 Å². The van der Waals surface area contributed by atoms with Crippen molar-refractivity contribution >= 4 is 23.1 Å². The molecule has 1 rings (SSSR count). The third-order valence-corrected chi connectivity index (χ3v) is 2.65. The summed E-state index contributed by atoms with van der Waals surface area (Å²) in [5, 5.41) is 2.71. The average molecular weight is 297 g/mol. The highest BCUT2D eigenvalue weighted by molar-refractivity contribution is 7.80. The quantitative estimate of drug-likeness (QED) is 0.537. The Kier molecular flexibility index (Phi) is 6.72. The molecule has 0 unspecified atom stereocenters. The zero-order valence-electron chi connectivity index (χ0n) is 11.4. The summed E-state index contributed by atoms with van der Waals surface area (Å²) in [4.78, 5) is 23.7. The van der Waals surface area contributed by atoms with Gasteiger partial charge in [0.25, 0.3) is 11.5 Å². The van der Waals surface area contributed by atoms with Crippen LogP contribution in [0.4, 0.5) is 0 Å². The summed E-state index contributed by atoms with van der Waals surface area (Å²) in [6.07, 6.45) is 3.48. The molecule has 0 aliphatic carbocycles. The van der Waals surface area contributed by atoms with E-state index in [1.165, 1.54) is 10.6 Å². The van der Waals surface area contributed by atoms with Gasteiger partial charge in [-0.25, -0.2) is 0 Å². The first-order valence-electron chi connectivity index (χ1n) is 6.41. The van der Waals surface area contributed by atoms with E-state index in [9.17, 15) is 9.59 Å². The fourth-order valence-electron chi connectivity index (χ4n) is 1.52. The highest BCUT2D eigenvalue weighted by Crippen LogP contribution is 2.01. The molecule has 1 amide bonds. The lowest BCUT2D eigenvalue weighted by Gasteiger charge is -2.09. The van der Waals surface area contributed by atoms with E-state index in [2.05, 4.69) is 5.32 Å². The molecule has 20 heavy (non-hydrogen) atoms. The van der Waals surface area contributed by atoms with Crippen molar-refractivity contribution in [1.82, 2.24) is 9.88 Å². The molecule has 110 valence electrons. The van der Waals surface area contributed by atoms with Crippen LogP contribution in [0.2, 0.25) is 0 Å². The Morgan fingerprint density at radius 1 is 1.55 bits per heavy atom. The highest BCUT2D eigenvalue weighted by Gasteiger charge is 2.07. The van der Waals surface area contributed by atoms with Gasteiger partial charge in [0.2, 0.25) is 0 Å². The number of nitrogens with zero attached hydrogens (tertiary/aromatic N) is 1. The van der Waals surface area contributed by atoms with Gasteiger partial charge in [0.15, 0.2) is 12.4 Å². The minimum Gasteiger partial charge on any atom is -0.478 e. The number of carbonyl (C=O) groups is 1. The lowest BCUT2D eigenvalue weighted by molar-refractivity contribution is -0.123. The van der Waals surface area contributed by atoms with Gasteiger partial charge in [-0.1, -0.05) is 25.6 Å². The Morgan fingerprint density at radius 3 is 2.95 bits per heavy atom. The molecule has 6 nitrogen and oxygen atoms in total. The van der Waals surface area contributed by atoms with Gasteiger partial charge in [-0.15, -0.1) is 0 Å². The van der Waals surface area contributed by atoms with Crippen molar-refractivity contribution in [2.45, 2.75) is 26.3 Å². The predicted octanol–water partition coefficient (Wildman–Crippen LogP) is 0.430. The van der Waals surface area contributed by atoms with Crippen LogP contribution >= 0.6 is 12.2 Å². The molecule has 1 aromatic rings. The van der Waals surface area contributed by atoms with E-state index in [0.29, 0.717) is 6.54 Å². The number of ether oxygens (including phenoxy) is 1. The standard InChI is InChI=1S/C13H19N3O3S/c1-2-3-6-15-12(17)9-19-10-5-4-7-16(13(10)18)8-11(14)20/h4-5,7H,2-3,6,8-9H2,1H3,(H2,14,20)(H,15,17). The summed E-state index contributed by atoms with van der Waals surface area (Å²) < 4.78 is 6.56. The number of nitrogens with one attached hydrogen (secondary N) is 1. The Labute approximate surface area is 122 Å². The monoisotopic (exact) mass is 297 g/mol.